The van der Waals surface area contributed by atoms with Crippen LogP contribution in [-0.4, -0.2) is 111 Å². The van der Waals surface area contributed by atoms with E-state index in [1.807, 2.05) is 0 Å². The molecular formula is C26H32N14O8S. The smallest absolute Gasteiger partial charge is 0.421 e. The summed E-state index contributed by atoms with van der Waals surface area (Å²) in [6, 6.07) is -4.42. The first kappa shape index (κ1) is 29.2. The fraction of sp³-hybridized carbons (Fsp3) is 0.692. The van der Waals surface area contributed by atoms with Crippen molar-refractivity contribution in [1.82, 2.24) is 61.6 Å². The van der Waals surface area contributed by atoms with E-state index in [0.29, 0.717) is 25.9 Å². The minimum atomic E-state index is -4.94. The van der Waals surface area contributed by atoms with E-state index in [9.17, 15) is 18.0 Å². The van der Waals surface area contributed by atoms with Crippen LogP contribution >= 0.6 is 0 Å². The summed E-state index contributed by atoms with van der Waals surface area (Å²) in [5.74, 6) is 1.32. The highest BCUT2D eigenvalue weighted by atomic mass is 32.3. The number of urea groups is 2. The highest BCUT2D eigenvalue weighted by Gasteiger charge is 2.67. The van der Waals surface area contributed by atoms with Gasteiger partial charge in [-0.05, 0) is 49.4 Å². The number of rotatable bonds is 8. The molecule has 49 heavy (non-hydrogen) atoms. The molecule has 4 bridgehead atoms. The van der Waals surface area contributed by atoms with E-state index < -0.39 is 57.5 Å². The van der Waals surface area contributed by atoms with Crippen LogP contribution in [0, 0.1) is 21.6 Å². The van der Waals surface area contributed by atoms with Gasteiger partial charge in [-0.15, -0.1) is 29.0 Å². The third kappa shape index (κ3) is 4.40. The number of hydroxylamine groups is 4. The summed E-state index contributed by atoms with van der Waals surface area (Å²) >= 11 is 0. The predicted octanol–water partition coefficient (Wildman–Crippen LogP) is -0.739. The SMILES string of the molecule is N=C1NC[C@H](c2nnc([C@@H]3CC4(CC4)[C@@H]4CN3C(=O)N4OS(=O)(=O)ON3C(=O)N4C[C@H]3C3(CC3)C[C@H]4c3nnc([C@H]4CNC(=N)N4)o3)o2)N1. The molecule has 260 valence electrons. The van der Waals surface area contributed by atoms with Gasteiger partial charge in [0.05, 0.1) is 12.1 Å². The van der Waals surface area contributed by atoms with E-state index in [2.05, 4.69) is 41.7 Å². The van der Waals surface area contributed by atoms with Gasteiger partial charge in [0.15, 0.2) is 11.9 Å². The number of hydrogen-bond acceptors (Lipinski definition) is 14. The van der Waals surface area contributed by atoms with Gasteiger partial charge in [-0.3, -0.25) is 10.8 Å². The van der Waals surface area contributed by atoms with Gasteiger partial charge in [0.25, 0.3) is 0 Å². The average Bonchev–Trinajstić information content (AvgIpc) is 3.52. The minimum absolute atomic E-state index is 0.149. The molecule has 2 aromatic rings. The van der Waals surface area contributed by atoms with Crippen LogP contribution in [-0.2, 0) is 19.0 Å². The molecule has 0 aromatic carbocycles. The molecule has 4 amide bonds. The molecule has 2 aliphatic carbocycles. The maximum absolute atomic E-state index is 13.7. The van der Waals surface area contributed by atoms with Crippen molar-refractivity contribution >= 4 is 34.4 Å². The summed E-state index contributed by atoms with van der Waals surface area (Å²) in [7, 11) is -4.94. The largest absolute Gasteiger partial charge is 0.442 e. The molecule has 6 saturated heterocycles. The lowest BCUT2D eigenvalue weighted by Crippen LogP contribution is -2.45. The van der Waals surface area contributed by atoms with Crippen LogP contribution in [0.5, 0.6) is 0 Å². The van der Waals surface area contributed by atoms with Gasteiger partial charge in [0, 0.05) is 26.2 Å². The third-order valence-corrected chi connectivity index (χ3v) is 12.0. The monoisotopic (exact) mass is 700 g/mol. The van der Waals surface area contributed by atoms with E-state index in [0.717, 1.165) is 35.8 Å². The molecule has 2 saturated carbocycles. The van der Waals surface area contributed by atoms with Crippen LogP contribution in [0.1, 0.15) is 86.3 Å². The Labute approximate surface area is 277 Å². The Bertz CT molecular complexity index is 1780. The zero-order chi connectivity index (χ0) is 33.4. The van der Waals surface area contributed by atoms with Crippen molar-refractivity contribution in [1.29, 1.82) is 10.8 Å². The van der Waals surface area contributed by atoms with Gasteiger partial charge in [0.1, 0.15) is 24.2 Å². The molecule has 8 heterocycles. The Morgan fingerprint density at radius 1 is 0.694 bits per heavy atom. The van der Waals surface area contributed by atoms with E-state index in [4.69, 9.17) is 28.2 Å². The third-order valence-electron chi connectivity index (χ3n) is 11.3. The average molecular weight is 701 g/mol. The summed E-state index contributed by atoms with van der Waals surface area (Å²) in [6.45, 7) is 1.18. The number of piperidine rings is 2. The number of fused-ring (bicyclic) bond motifs is 6. The molecule has 6 atom stereocenters. The number of nitrogens with one attached hydrogen (secondary N) is 6. The first-order chi connectivity index (χ1) is 23.5. The maximum Gasteiger partial charge on any atom is 0.442 e. The predicted molar refractivity (Wildman–Crippen MR) is 156 cm³/mol. The van der Waals surface area contributed by atoms with Crippen molar-refractivity contribution in [2.45, 2.75) is 74.8 Å². The summed E-state index contributed by atoms with van der Waals surface area (Å²) in [4.78, 5) is 30.4. The molecule has 2 spiro atoms. The number of carbonyl (C=O) groups excluding carboxylic acids is 2. The quantitative estimate of drug-likeness (QED) is 0.198. The van der Waals surface area contributed by atoms with E-state index in [1.165, 1.54) is 9.80 Å². The molecule has 0 radical (unpaired) electrons. The normalized spacial score (nSPS) is 33.4. The van der Waals surface area contributed by atoms with Crippen molar-refractivity contribution in [2.75, 3.05) is 26.2 Å². The zero-order valence-electron chi connectivity index (χ0n) is 25.8. The summed E-state index contributed by atoms with van der Waals surface area (Å²) in [5.41, 5.74) is -0.811. The van der Waals surface area contributed by atoms with Gasteiger partial charge >= 0.3 is 22.5 Å². The number of nitrogens with zero attached hydrogens (tertiary/aromatic N) is 8. The number of aromatic nitrogens is 4. The molecule has 0 unspecified atom stereocenters. The second-order valence-corrected chi connectivity index (χ2v) is 15.3. The summed E-state index contributed by atoms with van der Waals surface area (Å²) < 4.78 is 49.8. The lowest BCUT2D eigenvalue weighted by atomic mass is 9.85. The molecule has 8 aliphatic rings. The summed E-state index contributed by atoms with van der Waals surface area (Å²) in [6.07, 6.45) is 3.97. The first-order valence-electron chi connectivity index (χ1n) is 16.2. The number of carbonyl (C=O) groups is 2. The van der Waals surface area contributed by atoms with Crippen LogP contribution in [0.3, 0.4) is 0 Å². The van der Waals surface area contributed by atoms with Crippen LogP contribution < -0.4 is 21.3 Å². The van der Waals surface area contributed by atoms with Gasteiger partial charge in [-0.1, -0.05) is 0 Å². The zero-order valence-corrected chi connectivity index (χ0v) is 26.6. The Morgan fingerprint density at radius 2 is 1.10 bits per heavy atom. The van der Waals surface area contributed by atoms with Gasteiger partial charge in [-0.2, -0.15) is 18.5 Å². The highest BCUT2D eigenvalue weighted by molar-refractivity contribution is 7.81. The van der Waals surface area contributed by atoms with Crippen molar-refractivity contribution in [3.05, 3.63) is 23.6 Å². The number of amides is 4. The second kappa shape index (κ2) is 9.68. The van der Waals surface area contributed by atoms with Crippen LogP contribution in [0.15, 0.2) is 8.83 Å². The topological polar surface area (TPSA) is 273 Å². The first-order valence-corrected chi connectivity index (χ1v) is 17.5. The van der Waals surface area contributed by atoms with E-state index >= 15 is 0 Å². The van der Waals surface area contributed by atoms with Crippen molar-refractivity contribution in [3.63, 3.8) is 0 Å². The van der Waals surface area contributed by atoms with Crippen LogP contribution in [0.25, 0.3) is 0 Å². The lowest BCUT2D eigenvalue weighted by Gasteiger charge is -2.35. The standard InChI is InChI=1S/C26H32N14O8S/c27-21-29-7-11(31-21)17-33-35-19(45-17)13-5-25(1-2-25)15-9-37(13)23(41)39(15)47-49(43,44)48-40-16-10-38(24(40)42)14(6-26(16)3-4-26)20-36-34-18(46-20)12-8-30-22(28)32-12/h11-16H,1-10H2,(H3,27,29,31)(H3,28,30,32)/t11-,12-,13+,14+,15+,16+/m1/s1. The lowest BCUT2D eigenvalue weighted by molar-refractivity contribution is -0.101. The molecular weight excluding hydrogens is 668 g/mol. The molecule has 6 aliphatic heterocycles. The number of hydrogen-bond donors (Lipinski definition) is 6. The maximum atomic E-state index is 13.7. The van der Waals surface area contributed by atoms with Crippen LogP contribution in [0.2, 0.25) is 0 Å². The molecule has 22 nitrogen and oxygen atoms in total. The fourth-order valence-corrected chi connectivity index (χ4v) is 9.14. The minimum Gasteiger partial charge on any atom is -0.421 e. The van der Waals surface area contributed by atoms with E-state index in [1.54, 1.807) is 0 Å². The Balaban J connectivity index is 0.858. The summed E-state index contributed by atoms with van der Waals surface area (Å²) in [5, 5.41) is 45.3. The van der Waals surface area contributed by atoms with E-state index in [-0.39, 0.29) is 60.7 Å². The Kier molecular flexibility index (Phi) is 5.76. The van der Waals surface area contributed by atoms with Crippen molar-refractivity contribution in [2.24, 2.45) is 10.8 Å². The van der Waals surface area contributed by atoms with Gasteiger partial charge in [-0.25, -0.2) is 9.59 Å². The van der Waals surface area contributed by atoms with Crippen molar-refractivity contribution in [3.8, 4) is 0 Å². The van der Waals surface area contributed by atoms with Crippen molar-refractivity contribution < 1.29 is 35.4 Å². The molecule has 8 fully saturated rings. The van der Waals surface area contributed by atoms with Gasteiger partial charge < -0.3 is 39.9 Å². The molecule has 23 heteroatoms. The van der Waals surface area contributed by atoms with Crippen LogP contribution in [0.4, 0.5) is 9.59 Å². The molecule has 2 aromatic heterocycles. The van der Waals surface area contributed by atoms with Gasteiger partial charge in [0.2, 0.25) is 23.6 Å². The Morgan fingerprint density at radius 3 is 1.47 bits per heavy atom. The molecule has 6 N–H and O–H groups in total. The number of guanidine groups is 2. The molecule has 10 rings (SSSR count). The second-order valence-electron chi connectivity index (χ2n) is 14.1. The highest BCUT2D eigenvalue weighted by Crippen LogP contribution is 2.63. The Hall–Kier alpha value is -4.77. The fourth-order valence-electron chi connectivity index (χ4n) is 8.38.